The molecule has 3 aromatic rings. The largest absolute Gasteiger partial charge is 0.416 e. The first-order valence-corrected chi connectivity index (χ1v) is 12.4. The molecule has 10 heteroatoms. The highest BCUT2D eigenvalue weighted by Gasteiger charge is 2.34. The van der Waals surface area contributed by atoms with Crippen LogP contribution in [0.2, 0.25) is 0 Å². The topological polar surface area (TPSA) is 84.7 Å². The molecular formula is C29H28F3N3O4. The number of nitro benzene ring substituents is 1. The number of rotatable bonds is 8. The van der Waals surface area contributed by atoms with Crippen LogP contribution in [0.15, 0.2) is 78.4 Å². The predicted octanol–water partition coefficient (Wildman–Crippen LogP) is 6.76. The van der Waals surface area contributed by atoms with Crippen LogP contribution in [0.3, 0.4) is 0 Å². The molecule has 1 aliphatic heterocycles. The van der Waals surface area contributed by atoms with Crippen molar-refractivity contribution >= 4 is 23.0 Å². The number of halogens is 3. The van der Waals surface area contributed by atoms with Crippen LogP contribution < -0.4 is 5.32 Å². The van der Waals surface area contributed by atoms with Crippen LogP contribution in [0.25, 0.3) is 5.70 Å². The molecule has 1 atom stereocenters. The second-order valence-electron chi connectivity index (χ2n) is 9.29. The summed E-state index contributed by atoms with van der Waals surface area (Å²) >= 11 is 0. The molecule has 1 N–H and O–H groups in total. The molecule has 204 valence electrons. The van der Waals surface area contributed by atoms with E-state index in [0.29, 0.717) is 42.8 Å². The minimum absolute atomic E-state index is 0.0297. The van der Waals surface area contributed by atoms with Gasteiger partial charge in [0.25, 0.3) is 11.6 Å². The number of anilines is 1. The van der Waals surface area contributed by atoms with Gasteiger partial charge in [-0.25, -0.2) is 0 Å². The van der Waals surface area contributed by atoms with E-state index in [4.69, 9.17) is 4.74 Å². The Hall–Kier alpha value is -4.18. The van der Waals surface area contributed by atoms with E-state index in [0.717, 1.165) is 11.6 Å². The predicted molar refractivity (Wildman–Crippen MR) is 142 cm³/mol. The number of nitrogens with one attached hydrogen (secondary N) is 1. The molecule has 0 aromatic heterocycles. The van der Waals surface area contributed by atoms with Crippen molar-refractivity contribution in [2.45, 2.75) is 32.0 Å². The first-order chi connectivity index (χ1) is 18.6. The van der Waals surface area contributed by atoms with Gasteiger partial charge < -0.3 is 15.0 Å². The van der Waals surface area contributed by atoms with Gasteiger partial charge in [0.15, 0.2) is 0 Å². The molecule has 0 saturated heterocycles. The Morgan fingerprint density at radius 1 is 1.10 bits per heavy atom. The second kappa shape index (κ2) is 11.7. The number of carbonyl (C=O) groups is 1. The van der Waals surface area contributed by atoms with E-state index >= 15 is 0 Å². The van der Waals surface area contributed by atoms with E-state index in [1.54, 1.807) is 19.2 Å². The number of nitrogens with zero attached hydrogens (tertiary/aromatic N) is 2. The van der Waals surface area contributed by atoms with Crippen LogP contribution in [-0.4, -0.2) is 36.0 Å². The summed E-state index contributed by atoms with van der Waals surface area (Å²) < 4.78 is 46.0. The Bertz CT molecular complexity index is 1370. The summed E-state index contributed by atoms with van der Waals surface area (Å²) in [6, 6.07) is 18.9. The Kier molecular flexibility index (Phi) is 8.35. The van der Waals surface area contributed by atoms with E-state index in [2.05, 4.69) is 5.32 Å². The quantitative estimate of drug-likeness (QED) is 0.253. The number of ether oxygens (including phenoxy) is 1. The molecular weight excluding hydrogens is 511 g/mol. The monoisotopic (exact) mass is 539 g/mol. The summed E-state index contributed by atoms with van der Waals surface area (Å²) in [6.07, 6.45) is -3.56. The average Bonchev–Trinajstić information content (AvgIpc) is 2.92. The molecule has 0 radical (unpaired) electrons. The van der Waals surface area contributed by atoms with Crippen LogP contribution in [0.5, 0.6) is 0 Å². The Morgan fingerprint density at radius 3 is 2.41 bits per heavy atom. The fraction of sp³-hybridized carbons (Fsp3) is 0.276. The van der Waals surface area contributed by atoms with E-state index in [1.807, 2.05) is 35.2 Å². The normalized spacial score (nSPS) is 14.7. The molecule has 39 heavy (non-hydrogen) atoms. The van der Waals surface area contributed by atoms with Crippen LogP contribution in [0.4, 0.5) is 24.5 Å². The van der Waals surface area contributed by atoms with Crippen molar-refractivity contribution < 1.29 is 27.6 Å². The zero-order valence-corrected chi connectivity index (χ0v) is 21.5. The van der Waals surface area contributed by atoms with Crippen molar-refractivity contribution in [3.8, 4) is 0 Å². The number of non-ortho nitro benzene ring substituents is 1. The van der Waals surface area contributed by atoms with Crippen molar-refractivity contribution in [2.75, 3.05) is 25.6 Å². The van der Waals surface area contributed by atoms with Crippen LogP contribution in [0, 0.1) is 17.0 Å². The standard InChI is InChI=1S/C29H28F3N3O4/c1-19-10-13-22(17-25(19)29(30,31)32)33-28(36)24-9-6-16-34(26(18-39-2)20-7-4-3-5-8-20)27(24)21-11-14-23(15-12-21)35(37)38/h3-5,7-8,10-15,17,26H,6,9,16,18H2,1-2H3,(H,33,36)/t26-/m0/s1. The van der Waals surface area contributed by atoms with E-state index in [1.165, 1.54) is 31.2 Å². The summed E-state index contributed by atoms with van der Waals surface area (Å²) in [5.41, 5.74) is 1.64. The minimum Gasteiger partial charge on any atom is -0.382 e. The van der Waals surface area contributed by atoms with Crippen molar-refractivity contribution in [1.82, 2.24) is 4.90 Å². The lowest BCUT2D eigenvalue weighted by atomic mass is 9.93. The van der Waals surface area contributed by atoms with Gasteiger partial charge in [-0.15, -0.1) is 0 Å². The molecule has 1 heterocycles. The number of carbonyl (C=O) groups excluding carboxylic acids is 1. The lowest BCUT2D eigenvalue weighted by molar-refractivity contribution is -0.384. The number of alkyl halides is 3. The summed E-state index contributed by atoms with van der Waals surface area (Å²) in [7, 11) is 1.58. The molecule has 1 aliphatic rings. The average molecular weight is 540 g/mol. The first-order valence-electron chi connectivity index (χ1n) is 12.4. The maximum absolute atomic E-state index is 13.6. The summed E-state index contributed by atoms with van der Waals surface area (Å²) in [6.45, 7) is 2.25. The van der Waals surface area contributed by atoms with Gasteiger partial charge in [0.05, 0.1) is 28.8 Å². The van der Waals surface area contributed by atoms with E-state index in [-0.39, 0.29) is 23.0 Å². The van der Waals surface area contributed by atoms with Crippen molar-refractivity contribution in [2.24, 2.45) is 0 Å². The Labute approximate surface area is 224 Å². The van der Waals surface area contributed by atoms with Crippen molar-refractivity contribution in [3.05, 3.63) is 111 Å². The summed E-state index contributed by atoms with van der Waals surface area (Å²) in [5.74, 6) is -0.533. The van der Waals surface area contributed by atoms with Crippen LogP contribution in [-0.2, 0) is 15.7 Å². The van der Waals surface area contributed by atoms with Gasteiger partial charge in [-0.2, -0.15) is 13.2 Å². The third-order valence-corrected chi connectivity index (χ3v) is 6.71. The third-order valence-electron chi connectivity index (χ3n) is 6.71. The minimum atomic E-state index is -4.56. The molecule has 0 spiro atoms. The smallest absolute Gasteiger partial charge is 0.382 e. The van der Waals surface area contributed by atoms with Crippen molar-refractivity contribution in [3.63, 3.8) is 0 Å². The molecule has 3 aromatic carbocycles. The summed E-state index contributed by atoms with van der Waals surface area (Å²) in [5, 5.41) is 13.9. The lowest BCUT2D eigenvalue weighted by Crippen LogP contribution is -2.36. The number of benzene rings is 3. The molecule has 0 fully saturated rings. The molecule has 4 rings (SSSR count). The summed E-state index contributed by atoms with van der Waals surface area (Å²) in [4.78, 5) is 26.4. The second-order valence-corrected chi connectivity index (χ2v) is 9.29. The Morgan fingerprint density at radius 2 is 1.79 bits per heavy atom. The van der Waals surface area contributed by atoms with Crippen molar-refractivity contribution in [1.29, 1.82) is 0 Å². The Balaban J connectivity index is 1.81. The highest BCUT2D eigenvalue weighted by atomic mass is 19.4. The number of hydrogen-bond acceptors (Lipinski definition) is 5. The van der Waals surface area contributed by atoms with Crippen LogP contribution in [0.1, 0.15) is 41.1 Å². The van der Waals surface area contributed by atoms with Gasteiger partial charge >= 0.3 is 6.18 Å². The maximum atomic E-state index is 13.6. The van der Waals surface area contributed by atoms with E-state index < -0.39 is 22.6 Å². The highest BCUT2D eigenvalue weighted by Crippen LogP contribution is 2.39. The van der Waals surface area contributed by atoms with Gasteiger partial charge in [-0.05, 0) is 60.7 Å². The molecule has 7 nitrogen and oxygen atoms in total. The highest BCUT2D eigenvalue weighted by molar-refractivity contribution is 6.09. The molecule has 0 aliphatic carbocycles. The van der Waals surface area contributed by atoms with Crippen LogP contribution >= 0.6 is 0 Å². The zero-order chi connectivity index (χ0) is 28.2. The fourth-order valence-corrected chi connectivity index (χ4v) is 4.85. The van der Waals surface area contributed by atoms with Gasteiger partial charge in [-0.3, -0.25) is 14.9 Å². The van der Waals surface area contributed by atoms with Gasteiger partial charge in [-0.1, -0.05) is 36.4 Å². The number of aryl methyl sites for hydroxylation is 1. The SMILES string of the molecule is COC[C@@H](c1ccccc1)N1CCCC(C(=O)Nc2ccc(C)c(C(F)(F)F)c2)=C1c1ccc([N+](=O)[O-])cc1. The van der Waals surface area contributed by atoms with Gasteiger partial charge in [0, 0.05) is 37.0 Å². The molecule has 0 saturated carbocycles. The molecule has 0 bridgehead atoms. The number of hydrogen-bond donors (Lipinski definition) is 1. The van der Waals surface area contributed by atoms with Gasteiger partial charge in [0.1, 0.15) is 0 Å². The number of methoxy groups -OCH3 is 1. The van der Waals surface area contributed by atoms with E-state index in [9.17, 15) is 28.1 Å². The third kappa shape index (κ3) is 6.28. The first kappa shape index (κ1) is 27.8. The lowest BCUT2D eigenvalue weighted by Gasteiger charge is -2.40. The zero-order valence-electron chi connectivity index (χ0n) is 21.5. The number of amides is 1. The maximum Gasteiger partial charge on any atom is 0.416 e. The molecule has 0 unspecified atom stereocenters. The van der Waals surface area contributed by atoms with Gasteiger partial charge in [0.2, 0.25) is 0 Å². The molecule has 1 amide bonds. The fourth-order valence-electron chi connectivity index (χ4n) is 4.85. The number of nitro groups is 1.